The van der Waals surface area contributed by atoms with Crippen molar-refractivity contribution in [2.24, 2.45) is 0 Å². The standard InChI is InChI=1S/C11H19N5O3/c1-11(17,7-15(2)3)6-13-10-8(16(18)19)4-5-9(12)14-10/h4-5,17H,6-7H2,1-3H3,(H3,12,13,14). The topological polar surface area (TPSA) is 118 Å². The molecule has 1 aromatic rings. The number of nitro groups is 1. The molecule has 1 atom stereocenters. The minimum absolute atomic E-state index is 0.0593. The maximum atomic E-state index is 10.8. The summed E-state index contributed by atoms with van der Waals surface area (Å²) in [7, 11) is 3.66. The van der Waals surface area contributed by atoms with Crippen molar-refractivity contribution in [1.29, 1.82) is 0 Å². The van der Waals surface area contributed by atoms with Crippen LogP contribution >= 0.6 is 0 Å². The van der Waals surface area contributed by atoms with Crippen molar-refractivity contribution < 1.29 is 10.0 Å². The molecule has 19 heavy (non-hydrogen) atoms. The van der Waals surface area contributed by atoms with Gasteiger partial charge in [0.25, 0.3) is 0 Å². The number of pyridine rings is 1. The fraction of sp³-hybridized carbons (Fsp3) is 0.545. The Morgan fingerprint density at radius 2 is 2.21 bits per heavy atom. The maximum absolute atomic E-state index is 10.8. The molecule has 4 N–H and O–H groups in total. The summed E-state index contributed by atoms with van der Waals surface area (Å²) in [5, 5.41) is 23.7. The predicted octanol–water partition coefficient (Wildman–Crippen LogP) is 0.296. The van der Waals surface area contributed by atoms with Crippen molar-refractivity contribution in [3.05, 3.63) is 22.2 Å². The number of likely N-dealkylation sites (N-methyl/N-ethyl adjacent to an activating group) is 1. The van der Waals surface area contributed by atoms with Gasteiger partial charge in [-0.3, -0.25) is 10.1 Å². The number of nitrogens with two attached hydrogens (primary N) is 1. The van der Waals surface area contributed by atoms with Crippen LogP contribution in [-0.2, 0) is 0 Å². The van der Waals surface area contributed by atoms with Crippen molar-refractivity contribution >= 4 is 17.3 Å². The number of rotatable bonds is 6. The summed E-state index contributed by atoms with van der Waals surface area (Å²) in [6, 6.07) is 2.65. The third-order valence-electron chi connectivity index (χ3n) is 2.39. The highest BCUT2D eigenvalue weighted by Crippen LogP contribution is 2.23. The summed E-state index contributed by atoms with van der Waals surface area (Å²) in [6.45, 7) is 2.18. The molecule has 0 aliphatic rings. The third-order valence-corrected chi connectivity index (χ3v) is 2.39. The molecular formula is C11H19N5O3. The van der Waals surface area contributed by atoms with E-state index in [2.05, 4.69) is 10.3 Å². The third kappa shape index (κ3) is 4.68. The first-order valence-electron chi connectivity index (χ1n) is 5.73. The first-order valence-corrected chi connectivity index (χ1v) is 5.73. The second-order valence-corrected chi connectivity index (χ2v) is 4.95. The number of nitrogens with zero attached hydrogens (tertiary/aromatic N) is 3. The molecule has 1 unspecified atom stereocenters. The molecule has 1 heterocycles. The normalized spacial score (nSPS) is 14.2. The van der Waals surface area contributed by atoms with Crippen LogP contribution in [0, 0.1) is 10.1 Å². The molecule has 8 nitrogen and oxygen atoms in total. The molecule has 0 saturated carbocycles. The minimum atomic E-state index is -1.04. The van der Waals surface area contributed by atoms with Crippen LogP contribution in [-0.4, -0.2) is 52.7 Å². The molecule has 1 aromatic heterocycles. The predicted molar refractivity (Wildman–Crippen MR) is 73.0 cm³/mol. The first-order chi connectivity index (χ1) is 8.71. The van der Waals surface area contributed by atoms with Gasteiger partial charge in [0.05, 0.1) is 10.5 Å². The van der Waals surface area contributed by atoms with E-state index < -0.39 is 10.5 Å². The van der Waals surface area contributed by atoms with Crippen molar-refractivity contribution in [2.45, 2.75) is 12.5 Å². The first kappa shape index (κ1) is 15.1. The van der Waals surface area contributed by atoms with Gasteiger partial charge in [-0.15, -0.1) is 0 Å². The summed E-state index contributed by atoms with van der Waals surface area (Å²) in [4.78, 5) is 16.0. The van der Waals surface area contributed by atoms with Crippen LogP contribution in [0.4, 0.5) is 17.3 Å². The lowest BCUT2D eigenvalue weighted by atomic mass is 10.1. The Morgan fingerprint density at radius 3 is 2.74 bits per heavy atom. The monoisotopic (exact) mass is 269 g/mol. The molecule has 8 heteroatoms. The molecule has 0 aromatic carbocycles. The van der Waals surface area contributed by atoms with E-state index in [9.17, 15) is 15.2 Å². The summed E-state index contributed by atoms with van der Waals surface area (Å²) in [5.74, 6) is 0.240. The number of nitrogen functional groups attached to an aromatic ring is 1. The fourth-order valence-electron chi connectivity index (χ4n) is 1.76. The highest BCUT2D eigenvalue weighted by atomic mass is 16.6. The molecule has 0 saturated heterocycles. The second kappa shape index (κ2) is 5.81. The minimum Gasteiger partial charge on any atom is -0.387 e. The SMILES string of the molecule is CN(C)CC(C)(O)CNc1nc(N)ccc1[N+](=O)[O-]. The second-order valence-electron chi connectivity index (χ2n) is 4.95. The highest BCUT2D eigenvalue weighted by molar-refractivity contribution is 5.59. The zero-order valence-electron chi connectivity index (χ0n) is 11.3. The Hall–Kier alpha value is -1.93. The Balaban J connectivity index is 2.82. The molecule has 0 radical (unpaired) electrons. The van der Waals surface area contributed by atoms with Crippen LogP contribution in [0.1, 0.15) is 6.92 Å². The lowest BCUT2D eigenvalue weighted by Gasteiger charge is -2.27. The molecule has 0 aliphatic heterocycles. The van der Waals surface area contributed by atoms with E-state index in [-0.39, 0.29) is 23.9 Å². The van der Waals surface area contributed by atoms with Crippen LogP contribution < -0.4 is 11.1 Å². The van der Waals surface area contributed by atoms with Gasteiger partial charge in [-0.2, -0.15) is 0 Å². The number of hydrogen-bond acceptors (Lipinski definition) is 7. The number of hydrogen-bond donors (Lipinski definition) is 3. The van der Waals surface area contributed by atoms with Gasteiger partial charge in [0.15, 0.2) is 0 Å². The van der Waals surface area contributed by atoms with Gasteiger partial charge in [-0.1, -0.05) is 0 Å². The summed E-state index contributed by atoms with van der Waals surface area (Å²) >= 11 is 0. The zero-order valence-corrected chi connectivity index (χ0v) is 11.3. The number of aromatic nitrogens is 1. The average molecular weight is 269 g/mol. The molecule has 0 bridgehead atoms. The molecule has 0 fully saturated rings. The molecule has 0 amide bonds. The number of anilines is 2. The lowest BCUT2D eigenvalue weighted by Crippen LogP contribution is -2.43. The Labute approximate surface area is 111 Å². The van der Waals surface area contributed by atoms with Crippen LogP contribution in [0.5, 0.6) is 0 Å². The van der Waals surface area contributed by atoms with Crippen molar-refractivity contribution in [3.8, 4) is 0 Å². The average Bonchev–Trinajstić information content (AvgIpc) is 2.24. The van der Waals surface area contributed by atoms with E-state index in [0.29, 0.717) is 6.54 Å². The van der Waals surface area contributed by atoms with E-state index in [0.717, 1.165) is 0 Å². The Bertz CT molecular complexity index is 462. The maximum Gasteiger partial charge on any atom is 0.311 e. The Morgan fingerprint density at radius 1 is 1.58 bits per heavy atom. The number of aliphatic hydroxyl groups is 1. The smallest absolute Gasteiger partial charge is 0.311 e. The van der Waals surface area contributed by atoms with Gasteiger partial charge in [-0.05, 0) is 27.1 Å². The van der Waals surface area contributed by atoms with Gasteiger partial charge in [0.1, 0.15) is 5.82 Å². The van der Waals surface area contributed by atoms with Crippen LogP contribution in [0.25, 0.3) is 0 Å². The molecule has 0 aliphatic carbocycles. The number of nitrogens with one attached hydrogen (secondary N) is 1. The summed E-state index contributed by atoms with van der Waals surface area (Å²) < 4.78 is 0. The van der Waals surface area contributed by atoms with Gasteiger partial charge in [0, 0.05) is 19.2 Å². The van der Waals surface area contributed by atoms with Gasteiger partial charge < -0.3 is 21.1 Å². The molecule has 1 rings (SSSR count). The van der Waals surface area contributed by atoms with Gasteiger partial charge >= 0.3 is 5.69 Å². The van der Waals surface area contributed by atoms with Crippen LogP contribution in [0.3, 0.4) is 0 Å². The van der Waals surface area contributed by atoms with Gasteiger partial charge in [0.2, 0.25) is 5.82 Å². The lowest BCUT2D eigenvalue weighted by molar-refractivity contribution is -0.384. The zero-order chi connectivity index (χ0) is 14.6. The van der Waals surface area contributed by atoms with Crippen molar-refractivity contribution in [1.82, 2.24) is 9.88 Å². The van der Waals surface area contributed by atoms with E-state index in [1.54, 1.807) is 6.92 Å². The van der Waals surface area contributed by atoms with E-state index in [4.69, 9.17) is 5.73 Å². The summed E-state index contributed by atoms with van der Waals surface area (Å²) in [5.41, 5.74) is 4.29. The summed E-state index contributed by atoms with van der Waals surface area (Å²) in [6.07, 6.45) is 0. The quantitative estimate of drug-likeness (QED) is 0.502. The van der Waals surface area contributed by atoms with Gasteiger partial charge in [-0.25, -0.2) is 4.98 Å². The largest absolute Gasteiger partial charge is 0.387 e. The van der Waals surface area contributed by atoms with E-state index in [1.165, 1.54) is 12.1 Å². The van der Waals surface area contributed by atoms with E-state index in [1.807, 2.05) is 19.0 Å². The van der Waals surface area contributed by atoms with Crippen LogP contribution in [0.15, 0.2) is 12.1 Å². The van der Waals surface area contributed by atoms with Crippen LogP contribution in [0.2, 0.25) is 0 Å². The van der Waals surface area contributed by atoms with Crippen molar-refractivity contribution in [3.63, 3.8) is 0 Å². The highest BCUT2D eigenvalue weighted by Gasteiger charge is 2.23. The van der Waals surface area contributed by atoms with Crippen molar-refractivity contribution in [2.75, 3.05) is 38.2 Å². The molecule has 0 spiro atoms. The fourth-order valence-corrected chi connectivity index (χ4v) is 1.76. The van der Waals surface area contributed by atoms with E-state index >= 15 is 0 Å². The molecule has 106 valence electrons. The molecular weight excluding hydrogens is 250 g/mol. The Kier molecular flexibility index (Phi) is 4.62.